The molecule has 0 saturated carbocycles. The first-order valence-corrected chi connectivity index (χ1v) is 13.3. The summed E-state index contributed by atoms with van der Waals surface area (Å²) in [4.78, 5) is 12.2. The molecule has 4 N–H and O–H groups in total. The molecule has 0 bridgehead atoms. The Kier molecular flexibility index (Phi) is 10.9. The van der Waals surface area contributed by atoms with Crippen LogP contribution in [0, 0.1) is 5.92 Å². The highest BCUT2D eigenvalue weighted by atomic mass is 35.5. The molecule has 36 heavy (non-hydrogen) atoms. The average molecular weight is 530 g/mol. The first-order chi connectivity index (χ1) is 17.4. The summed E-state index contributed by atoms with van der Waals surface area (Å²) in [7, 11) is 4.10. The summed E-state index contributed by atoms with van der Waals surface area (Å²) in [6.45, 7) is 9.55. The number of likely N-dealkylation sites (N-methyl/N-ethyl adjacent to an activating group) is 1. The minimum absolute atomic E-state index is 0.416. The van der Waals surface area contributed by atoms with Crippen LogP contribution in [0.3, 0.4) is 0 Å². The summed E-state index contributed by atoms with van der Waals surface area (Å²) in [5.74, 6) is 2.22. The molecule has 0 aliphatic heterocycles. The van der Waals surface area contributed by atoms with Crippen molar-refractivity contribution < 1.29 is 4.74 Å². The van der Waals surface area contributed by atoms with Gasteiger partial charge in [-0.05, 0) is 63.2 Å². The van der Waals surface area contributed by atoms with E-state index in [0.717, 1.165) is 47.3 Å². The van der Waals surface area contributed by atoms with Crippen LogP contribution in [-0.2, 0) is 0 Å². The topological polar surface area (TPSA) is 86.4 Å². The van der Waals surface area contributed by atoms with E-state index in [9.17, 15) is 0 Å². The van der Waals surface area contributed by atoms with Gasteiger partial charge >= 0.3 is 0 Å². The van der Waals surface area contributed by atoms with E-state index >= 15 is 0 Å². The van der Waals surface area contributed by atoms with Gasteiger partial charge in [-0.3, -0.25) is 4.72 Å². The lowest BCUT2D eigenvalue weighted by Crippen LogP contribution is -2.20. The number of ether oxygens (including phenoxy) is 1. The summed E-state index contributed by atoms with van der Waals surface area (Å²) < 4.78 is 9.28. The highest BCUT2D eigenvalue weighted by Gasteiger charge is 2.12. The van der Waals surface area contributed by atoms with E-state index in [-0.39, 0.29) is 0 Å². The highest BCUT2D eigenvalue weighted by molar-refractivity contribution is 7.97. The second kappa shape index (κ2) is 14.1. The number of aromatic nitrogens is 2. The lowest BCUT2D eigenvalue weighted by Gasteiger charge is -2.16. The summed E-state index contributed by atoms with van der Waals surface area (Å²) in [6, 6.07) is 14.0. The van der Waals surface area contributed by atoms with Crippen molar-refractivity contribution in [2.75, 3.05) is 56.3 Å². The van der Waals surface area contributed by atoms with Gasteiger partial charge in [-0.15, -0.1) is 0 Å². The van der Waals surface area contributed by atoms with Crippen LogP contribution in [0.2, 0.25) is 5.02 Å². The van der Waals surface area contributed by atoms with Crippen molar-refractivity contribution >= 4 is 52.4 Å². The van der Waals surface area contributed by atoms with E-state index in [4.69, 9.17) is 16.3 Å². The number of para-hydroxylation sites is 1. The molecule has 8 nitrogen and oxygen atoms in total. The molecule has 0 unspecified atom stereocenters. The maximum Gasteiger partial charge on any atom is 0.229 e. The Morgan fingerprint density at radius 1 is 1.08 bits per heavy atom. The first-order valence-electron chi connectivity index (χ1n) is 12.1. The maximum absolute atomic E-state index is 6.45. The van der Waals surface area contributed by atoms with Gasteiger partial charge in [-0.1, -0.05) is 37.6 Å². The molecule has 0 spiro atoms. The third kappa shape index (κ3) is 8.74. The number of hydrogen-bond donors (Lipinski definition) is 4. The van der Waals surface area contributed by atoms with Crippen molar-refractivity contribution in [1.82, 2.24) is 19.6 Å². The third-order valence-corrected chi connectivity index (χ3v) is 6.14. The second-order valence-corrected chi connectivity index (χ2v) is 10.2. The normalized spacial score (nSPS) is 11.1. The fourth-order valence-corrected chi connectivity index (χ4v) is 4.23. The smallest absolute Gasteiger partial charge is 0.229 e. The van der Waals surface area contributed by atoms with Gasteiger partial charge in [0.15, 0.2) is 5.82 Å². The van der Waals surface area contributed by atoms with Crippen LogP contribution in [0.4, 0.5) is 28.8 Å². The first kappa shape index (κ1) is 27.9. The fourth-order valence-electron chi connectivity index (χ4n) is 3.14. The quantitative estimate of drug-likeness (QED) is 0.181. The zero-order chi connectivity index (χ0) is 25.9. The van der Waals surface area contributed by atoms with Gasteiger partial charge in [0.2, 0.25) is 5.95 Å². The Hall–Kier alpha value is -2.72. The van der Waals surface area contributed by atoms with Crippen molar-refractivity contribution in [2.24, 2.45) is 5.92 Å². The molecule has 2 aromatic carbocycles. The van der Waals surface area contributed by atoms with Crippen LogP contribution in [0.25, 0.3) is 0 Å². The molecule has 194 valence electrons. The largest absolute Gasteiger partial charge is 0.492 e. The van der Waals surface area contributed by atoms with Gasteiger partial charge in [-0.2, -0.15) is 4.98 Å². The van der Waals surface area contributed by atoms with E-state index in [1.807, 2.05) is 43.3 Å². The van der Waals surface area contributed by atoms with E-state index < -0.39 is 0 Å². The van der Waals surface area contributed by atoms with E-state index in [0.29, 0.717) is 29.3 Å². The van der Waals surface area contributed by atoms with Gasteiger partial charge in [-0.25, -0.2) is 4.98 Å². The SMILES string of the molecule is CCOc1cc(NCCN(C)C)ccc1Nc1ncc(Cl)c(Nc2ccccc2SNCC(C)C)n1. The molecule has 1 heterocycles. The third-order valence-electron chi connectivity index (χ3n) is 4.97. The number of nitrogens with zero attached hydrogens (tertiary/aromatic N) is 3. The Morgan fingerprint density at radius 2 is 1.89 bits per heavy atom. The van der Waals surface area contributed by atoms with Crippen molar-refractivity contribution in [3.8, 4) is 5.75 Å². The molecule has 3 aromatic rings. The van der Waals surface area contributed by atoms with Crippen molar-refractivity contribution in [3.05, 3.63) is 53.7 Å². The monoisotopic (exact) mass is 529 g/mol. The zero-order valence-electron chi connectivity index (χ0n) is 21.6. The van der Waals surface area contributed by atoms with Gasteiger partial charge < -0.3 is 25.6 Å². The standard InChI is InChI=1S/C26H36ClN7OS/c1-6-35-23-15-19(28-13-14-34(4)5)11-12-21(23)32-26-29-17-20(27)25(33-26)31-22-9-7-8-10-24(22)36-30-16-18(2)3/h7-12,15,17-18,28,30H,6,13-14,16H2,1-5H3,(H2,29,31,32,33). The van der Waals surface area contributed by atoms with Crippen molar-refractivity contribution in [3.63, 3.8) is 0 Å². The van der Waals surface area contributed by atoms with Crippen LogP contribution in [-0.4, -0.2) is 55.2 Å². The Balaban J connectivity index is 1.76. The lowest BCUT2D eigenvalue weighted by molar-refractivity contribution is 0.342. The van der Waals surface area contributed by atoms with Gasteiger partial charge in [0.1, 0.15) is 10.8 Å². The van der Waals surface area contributed by atoms with Gasteiger partial charge in [0, 0.05) is 36.3 Å². The van der Waals surface area contributed by atoms with E-state index in [2.05, 4.69) is 69.5 Å². The molecule has 10 heteroatoms. The molecule has 0 saturated heterocycles. The average Bonchev–Trinajstić information content (AvgIpc) is 2.83. The number of nitrogens with one attached hydrogen (secondary N) is 4. The summed E-state index contributed by atoms with van der Waals surface area (Å²) in [5.41, 5.74) is 2.68. The van der Waals surface area contributed by atoms with E-state index in [1.165, 1.54) is 0 Å². The zero-order valence-corrected chi connectivity index (χ0v) is 23.1. The Bertz CT molecular complexity index is 1110. The predicted octanol–water partition coefficient (Wildman–Crippen LogP) is 6.24. The van der Waals surface area contributed by atoms with Gasteiger partial charge in [0.05, 0.1) is 24.2 Å². The Labute approximate surface area is 223 Å². The highest BCUT2D eigenvalue weighted by Crippen LogP contribution is 2.33. The lowest BCUT2D eigenvalue weighted by atomic mass is 10.2. The molecule has 0 aliphatic carbocycles. The van der Waals surface area contributed by atoms with Crippen molar-refractivity contribution in [2.45, 2.75) is 25.7 Å². The molecule has 1 aromatic heterocycles. The molecular weight excluding hydrogens is 494 g/mol. The maximum atomic E-state index is 6.45. The summed E-state index contributed by atoms with van der Waals surface area (Å²) in [5, 5.41) is 10.5. The van der Waals surface area contributed by atoms with Crippen molar-refractivity contribution in [1.29, 1.82) is 0 Å². The molecule has 0 atom stereocenters. The van der Waals surface area contributed by atoms with Crippen LogP contribution in [0.1, 0.15) is 20.8 Å². The predicted molar refractivity (Wildman–Crippen MR) is 153 cm³/mol. The molecule has 0 radical (unpaired) electrons. The summed E-state index contributed by atoms with van der Waals surface area (Å²) >= 11 is 8.03. The number of hydrogen-bond acceptors (Lipinski definition) is 9. The van der Waals surface area contributed by atoms with E-state index in [1.54, 1.807) is 18.1 Å². The number of rotatable bonds is 14. The van der Waals surface area contributed by atoms with Gasteiger partial charge in [0.25, 0.3) is 0 Å². The summed E-state index contributed by atoms with van der Waals surface area (Å²) in [6.07, 6.45) is 1.59. The van der Waals surface area contributed by atoms with Crippen LogP contribution in [0.5, 0.6) is 5.75 Å². The Morgan fingerprint density at radius 3 is 2.64 bits per heavy atom. The number of benzene rings is 2. The molecule has 0 fully saturated rings. The van der Waals surface area contributed by atoms with Crippen LogP contribution in [0.15, 0.2) is 53.6 Å². The molecular formula is C26H36ClN7OS. The molecule has 0 aliphatic rings. The molecule has 3 rings (SSSR count). The fraction of sp³-hybridized carbons (Fsp3) is 0.385. The minimum atomic E-state index is 0.416. The number of anilines is 5. The second-order valence-electron chi connectivity index (χ2n) is 8.85. The van der Waals surface area contributed by atoms with Crippen LogP contribution >= 0.6 is 23.5 Å². The number of halogens is 1. The van der Waals surface area contributed by atoms with Crippen LogP contribution < -0.4 is 25.4 Å². The minimum Gasteiger partial charge on any atom is -0.492 e. The molecule has 0 amide bonds.